The number of piperazine rings is 1. The lowest BCUT2D eigenvalue weighted by atomic mass is 10.1. The van der Waals surface area contributed by atoms with Crippen LogP contribution < -0.4 is 9.47 Å². The van der Waals surface area contributed by atoms with Gasteiger partial charge in [0.25, 0.3) is 5.91 Å². The molecule has 0 saturated carbocycles. The molecule has 43 heavy (non-hydrogen) atoms. The molecule has 3 heterocycles. The van der Waals surface area contributed by atoms with Crippen molar-refractivity contribution in [1.29, 1.82) is 5.26 Å². The van der Waals surface area contributed by atoms with Crippen LogP contribution in [0.2, 0.25) is 0 Å². The van der Waals surface area contributed by atoms with Gasteiger partial charge in [-0.15, -0.1) is 0 Å². The highest BCUT2D eigenvalue weighted by atomic mass is 16.5. The van der Waals surface area contributed by atoms with Crippen molar-refractivity contribution < 1.29 is 14.3 Å². The number of aryl methyl sites for hydroxylation is 2. The molecule has 9 nitrogen and oxygen atoms in total. The molecule has 1 amide bonds. The number of carbonyl (C=O) groups excluding carboxylic acids is 1. The summed E-state index contributed by atoms with van der Waals surface area (Å²) in [5.74, 6) is 2.73. The van der Waals surface area contributed by atoms with Gasteiger partial charge in [0.1, 0.15) is 29.1 Å². The van der Waals surface area contributed by atoms with Crippen LogP contribution in [-0.4, -0.2) is 63.0 Å². The first kappa shape index (κ1) is 29.8. The summed E-state index contributed by atoms with van der Waals surface area (Å²) in [4.78, 5) is 26.5. The minimum atomic E-state index is 0.0213. The second-order valence-corrected chi connectivity index (χ2v) is 10.8. The van der Waals surface area contributed by atoms with E-state index in [1.807, 2.05) is 73.5 Å². The SMILES string of the molecule is CCCCOc1ccccc1C(=O)N1CCN(Cc2cnc(C)n2Cc2ccc(C#N)c(Oc3cccnc3C)c2)CC1. The summed E-state index contributed by atoms with van der Waals surface area (Å²) in [6.07, 6.45) is 5.65. The van der Waals surface area contributed by atoms with E-state index in [-0.39, 0.29) is 5.91 Å². The number of amides is 1. The summed E-state index contributed by atoms with van der Waals surface area (Å²) >= 11 is 0. The molecule has 1 aliphatic rings. The van der Waals surface area contributed by atoms with Crippen molar-refractivity contribution >= 4 is 5.91 Å². The van der Waals surface area contributed by atoms with Crippen LogP contribution in [0.4, 0.5) is 0 Å². The van der Waals surface area contributed by atoms with Crippen molar-refractivity contribution in [3.05, 3.63) is 101 Å². The number of ether oxygens (including phenoxy) is 2. The molecule has 5 rings (SSSR count). The zero-order valence-corrected chi connectivity index (χ0v) is 25.1. The first-order valence-corrected chi connectivity index (χ1v) is 14.8. The Hall–Kier alpha value is -4.68. The first-order chi connectivity index (χ1) is 21.0. The van der Waals surface area contributed by atoms with E-state index in [0.29, 0.717) is 54.6 Å². The van der Waals surface area contributed by atoms with Gasteiger partial charge < -0.3 is 18.9 Å². The predicted octanol–water partition coefficient (Wildman–Crippen LogP) is 5.74. The number of hydrogen-bond donors (Lipinski definition) is 0. The van der Waals surface area contributed by atoms with Gasteiger partial charge >= 0.3 is 0 Å². The van der Waals surface area contributed by atoms with Gasteiger partial charge in [0.2, 0.25) is 0 Å². The third kappa shape index (κ3) is 7.22. The third-order valence-electron chi connectivity index (χ3n) is 7.74. The van der Waals surface area contributed by atoms with E-state index in [1.165, 1.54) is 0 Å². The van der Waals surface area contributed by atoms with Crippen molar-refractivity contribution in [3.8, 4) is 23.3 Å². The molecule has 222 valence electrons. The molecule has 0 unspecified atom stereocenters. The molecule has 0 aliphatic carbocycles. The van der Waals surface area contributed by atoms with E-state index in [2.05, 4.69) is 32.4 Å². The molecule has 0 N–H and O–H groups in total. The highest BCUT2D eigenvalue weighted by Crippen LogP contribution is 2.28. The average Bonchev–Trinajstić information content (AvgIpc) is 3.36. The number of pyridine rings is 1. The molecule has 0 bridgehead atoms. The fraction of sp³-hybridized carbons (Fsp3) is 0.353. The van der Waals surface area contributed by atoms with Crippen molar-refractivity contribution in [1.82, 2.24) is 24.3 Å². The van der Waals surface area contributed by atoms with Crippen molar-refractivity contribution in [2.24, 2.45) is 0 Å². The van der Waals surface area contributed by atoms with Gasteiger partial charge in [0.05, 0.1) is 29.1 Å². The molecule has 1 fully saturated rings. The van der Waals surface area contributed by atoms with Gasteiger partial charge in [-0.2, -0.15) is 5.26 Å². The molecule has 1 saturated heterocycles. The van der Waals surface area contributed by atoms with Crippen molar-refractivity contribution in [3.63, 3.8) is 0 Å². The maximum absolute atomic E-state index is 13.4. The second-order valence-electron chi connectivity index (χ2n) is 10.8. The molecule has 1 aliphatic heterocycles. The number of rotatable bonds is 11. The summed E-state index contributed by atoms with van der Waals surface area (Å²) < 4.78 is 14.2. The largest absolute Gasteiger partial charge is 0.493 e. The van der Waals surface area contributed by atoms with Gasteiger partial charge in [0.15, 0.2) is 0 Å². The molecule has 0 radical (unpaired) electrons. The van der Waals surface area contributed by atoms with Crippen LogP contribution in [-0.2, 0) is 13.1 Å². The monoisotopic (exact) mass is 578 g/mol. The van der Waals surface area contributed by atoms with Gasteiger partial charge in [-0.1, -0.05) is 31.5 Å². The van der Waals surface area contributed by atoms with Crippen LogP contribution in [0.25, 0.3) is 0 Å². The zero-order valence-electron chi connectivity index (χ0n) is 25.1. The number of aromatic nitrogens is 3. The summed E-state index contributed by atoms with van der Waals surface area (Å²) in [7, 11) is 0. The predicted molar refractivity (Wildman–Crippen MR) is 164 cm³/mol. The van der Waals surface area contributed by atoms with Gasteiger partial charge in [-0.05, 0) is 62.2 Å². The van der Waals surface area contributed by atoms with Crippen LogP contribution >= 0.6 is 0 Å². The minimum absolute atomic E-state index is 0.0213. The maximum atomic E-state index is 13.4. The molecule has 0 spiro atoms. The van der Waals surface area contributed by atoms with Crippen LogP contribution in [0.1, 0.15) is 58.5 Å². The summed E-state index contributed by atoms with van der Waals surface area (Å²) in [6.45, 7) is 10.8. The van der Waals surface area contributed by atoms with Crippen molar-refractivity contribution in [2.75, 3.05) is 32.8 Å². The number of imidazole rings is 1. The Morgan fingerprint density at radius 1 is 0.953 bits per heavy atom. The number of unbranched alkanes of at least 4 members (excludes halogenated alkanes) is 1. The van der Waals surface area contributed by atoms with E-state index in [4.69, 9.17) is 9.47 Å². The summed E-state index contributed by atoms with van der Waals surface area (Å²) in [6, 6.07) is 19.1. The highest BCUT2D eigenvalue weighted by molar-refractivity contribution is 5.97. The molecular formula is C34H38N6O3. The first-order valence-electron chi connectivity index (χ1n) is 14.8. The lowest BCUT2D eigenvalue weighted by molar-refractivity contribution is 0.0621. The Bertz CT molecular complexity index is 1600. The molecule has 2 aromatic carbocycles. The number of carbonyl (C=O) groups is 1. The quantitative estimate of drug-likeness (QED) is 0.209. The fourth-order valence-electron chi connectivity index (χ4n) is 5.18. The Balaban J connectivity index is 1.23. The second kappa shape index (κ2) is 14.0. The molecular weight excluding hydrogens is 540 g/mol. The smallest absolute Gasteiger partial charge is 0.257 e. The van der Waals surface area contributed by atoms with E-state index in [9.17, 15) is 10.1 Å². The average molecular weight is 579 g/mol. The van der Waals surface area contributed by atoms with E-state index >= 15 is 0 Å². The maximum Gasteiger partial charge on any atom is 0.257 e. The number of nitrogens with zero attached hydrogens (tertiary/aromatic N) is 6. The Morgan fingerprint density at radius 2 is 1.74 bits per heavy atom. The standard InChI is InChI=1S/C34H38N6O3/c1-4-5-19-42-32-10-7-6-9-30(32)34(41)39-17-15-38(16-18-39)24-29-22-37-26(3)40(29)23-27-12-13-28(21-35)33(20-27)43-31-11-8-14-36-25(31)2/h6-14,20,22H,4-5,15-19,23-24H2,1-3H3. The third-order valence-corrected chi connectivity index (χ3v) is 7.74. The lowest BCUT2D eigenvalue weighted by Crippen LogP contribution is -2.48. The van der Waals surface area contributed by atoms with E-state index < -0.39 is 0 Å². The fourth-order valence-corrected chi connectivity index (χ4v) is 5.18. The van der Waals surface area contributed by atoms with Gasteiger partial charge in [0, 0.05) is 51.7 Å². The molecule has 9 heteroatoms. The number of benzene rings is 2. The highest BCUT2D eigenvalue weighted by Gasteiger charge is 2.25. The molecule has 4 aromatic rings. The zero-order chi connectivity index (χ0) is 30.2. The van der Waals surface area contributed by atoms with Crippen molar-refractivity contribution in [2.45, 2.75) is 46.7 Å². The lowest BCUT2D eigenvalue weighted by Gasteiger charge is -2.35. The minimum Gasteiger partial charge on any atom is -0.493 e. The van der Waals surface area contributed by atoms with Gasteiger partial charge in [-0.25, -0.2) is 4.98 Å². The Kier molecular flexibility index (Phi) is 9.70. The molecule has 2 aromatic heterocycles. The Labute approximate surface area is 253 Å². The topological polar surface area (TPSA) is 96.5 Å². The van der Waals surface area contributed by atoms with E-state index in [0.717, 1.165) is 55.3 Å². The number of hydrogen-bond acceptors (Lipinski definition) is 7. The number of para-hydroxylation sites is 1. The summed E-state index contributed by atoms with van der Waals surface area (Å²) in [5.41, 5.74) is 3.97. The van der Waals surface area contributed by atoms with Crippen LogP contribution in [0, 0.1) is 25.2 Å². The Morgan fingerprint density at radius 3 is 2.51 bits per heavy atom. The van der Waals surface area contributed by atoms with E-state index in [1.54, 1.807) is 12.3 Å². The van der Waals surface area contributed by atoms with Crippen LogP contribution in [0.5, 0.6) is 17.2 Å². The molecule has 0 atom stereocenters. The summed E-state index contributed by atoms with van der Waals surface area (Å²) in [5, 5.41) is 9.66. The van der Waals surface area contributed by atoms with Crippen LogP contribution in [0.15, 0.2) is 67.0 Å². The number of nitriles is 1. The van der Waals surface area contributed by atoms with Crippen LogP contribution in [0.3, 0.4) is 0 Å². The van der Waals surface area contributed by atoms with Gasteiger partial charge in [-0.3, -0.25) is 14.7 Å². The normalized spacial score (nSPS) is 13.5.